The Morgan fingerprint density at radius 3 is 2.44 bits per heavy atom. The van der Waals surface area contributed by atoms with Gasteiger partial charge in [-0.2, -0.15) is 0 Å². The Morgan fingerprint density at radius 1 is 1.07 bits per heavy atom. The van der Waals surface area contributed by atoms with E-state index in [-0.39, 0.29) is 24.0 Å². The fourth-order valence-electron chi connectivity index (χ4n) is 3.12. The van der Waals surface area contributed by atoms with E-state index in [2.05, 4.69) is 10.6 Å². The molecule has 1 fully saturated rings. The van der Waals surface area contributed by atoms with Gasteiger partial charge in [-0.25, -0.2) is 13.2 Å². The normalized spacial score (nSPS) is 14.4. The first kappa shape index (κ1) is 21.1. The summed E-state index contributed by atoms with van der Waals surface area (Å²) in [4.78, 5) is 14.1. The van der Waals surface area contributed by atoms with Crippen molar-refractivity contribution in [2.75, 3.05) is 30.4 Å². The molecule has 27 heavy (non-hydrogen) atoms. The van der Waals surface area contributed by atoms with E-state index in [0.717, 1.165) is 38.1 Å². The highest BCUT2D eigenvalue weighted by atomic mass is 35.5. The first-order valence-electron chi connectivity index (χ1n) is 8.45. The zero-order valence-corrected chi connectivity index (χ0v) is 15.6. The maximum Gasteiger partial charge on any atom is 0.258 e. The Kier molecular flexibility index (Phi) is 7.10. The Labute approximate surface area is 162 Å². The number of piperidine rings is 1. The van der Waals surface area contributed by atoms with Crippen LogP contribution in [0.2, 0.25) is 0 Å². The molecule has 146 valence electrons. The molecule has 1 aliphatic rings. The van der Waals surface area contributed by atoms with Gasteiger partial charge >= 0.3 is 0 Å². The summed E-state index contributed by atoms with van der Waals surface area (Å²) in [6.07, 6.45) is 1.79. The summed E-state index contributed by atoms with van der Waals surface area (Å²) in [5.41, 5.74) is 0.439. The average Bonchev–Trinajstić information content (AvgIpc) is 2.63. The summed E-state index contributed by atoms with van der Waals surface area (Å²) in [7, 11) is 1.82. The van der Waals surface area contributed by atoms with E-state index in [1.165, 1.54) is 18.2 Å². The van der Waals surface area contributed by atoms with Crippen molar-refractivity contribution in [3.05, 3.63) is 59.4 Å². The van der Waals surface area contributed by atoms with Crippen molar-refractivity contribution in [2.24, 2.45) is 0 Å². The number of hydrogen-bond donors (Lipinski definition) is 2. The van der Waals surface area contributed by atoms with E-state index in [9.17, 15) is 18.0 Å². The summed E-state index contributed by atoms with van der Waals surface area (Å²) >= 11 is 0. The van der Waals surface area contributed by atoms with Gasteiger partial charge in [0.2, 0.25) is 0 Å². The Balaban J connectivity index is 0.00000261. The van der Waals surface area contributed by atoms with Crippen LogP contribution >= 0.6 is 12.4 Å². The number of anilines is 2. The highest BCUT2D eigenvalue weighted by Crippen LogP contribution is 2.27. The maximum absolute atomic E-state index is 14.3. The second-order valence-electron chi connectivity index (χ2n) is 6.34. The predicted octanol–water partition coefficient (Wildman–Crippen LogP) is 3.97. The van der Waals surface area contributed by atoms with E-state index in [1.54, 1.807) is 0 Å². The van der Waals surface area contributed by atoms with E-state index in [4.69, 9.17) is 0 Å². The van der Waals surface area contributed by atoms with Crippen LogP contribution in [0.15, 0.2) is 36.4 Å². The molecule has 8 heteroatoms. The highest BCUT2D eigenvalue weighted by Gasteiger charge is 2.21. The van der Waals surface area contributed by atoms with Crippen LogP contribution in [-0.2, 0) is 0 Å². The second-order valence-corrected chi connectivity index (χ2v) is 6.34. The minimum atomic E-state index is -0.948. The number of hydrogen-bond acceptors (Lipinski definition) is 3. The third-order valence-corrected chi connectivity index (χ3v) is 4.62. The SMILES string of the molecule is CN(c1cc(NC(=O)c2ccc(F)cc2F)ccc1F)C1CCNCC1.Cl. The van der Waals surface area contributed by atoms with Gasteiger partial charge < -0.3 is 15.5 Å². The van der Waals surface area contributed by atoms with Crippen LogP contribution in [0.4, 0.5) is 24.5 Å². The van der Waals surface area contributed by atoms with Gasteiger partial charge in [-0.3, -0.25) is 4.79 Å². The molecule has 0 aliphatic carbocycles. The molecule has 1 heterocycles. The molecule has 1 aliphatic heterocycles. The third kappa shape index (κ3) is 4.93. The van der Waals surface area contributed by atoms with Gasteiger partial charge in [0.15, 0.2) is 0 Å². The molecule has 0 atom stereocenters. The fourth-order valence-corrected chi connectivity index (χ4v) is 3.12. The topological polar surface area (TPSA) is 44.4 Å². The van der Waals surface area contributed by atoms with Gasteiger partial charge in [-0.05, 0) is 56.3 Å². The number of nitrogens with one attached hydrogen (secondary N) is 2. The molecule has 0 aromatic heterocycles. The molecule has 0 saturated carbocycles. The molecule has 4 nitrogen and oxygen atoms in total. The predicted molar refractivity (Wildman–Crippen MR) is 102 cm³/mol. The van der Waals surface area contributed by atoms with Crippen LogP contribution in [0.1, 0.15) is 23.2 Å². The van der Waals surface area contributed by atoms with Crippen LogP contribution < -0.4 is 15.5 Å². The molecular weight excluding hydrogens is 379 g/mol. The molecule has 1 amide bonds. The van der Waals surface area contributed by atoms with Crippen molar-refractivity contribution in [3.8, 4) is 0 Å². The van der Waals surface area contributed by atoms with Crippen LogP contribution in [0.25, 0.3) is 0 Å². The molecule has 0 unspecified atom stereocenters. The van der Waals surface area contributed by atoms with E-state index in [1.807, 2.05) is 11.9 Å². The highest BCUT2D eigenvalue weighted by molar-refractivity contribution is 6.04. The maximum atomic E-state index is 14.3. The van der Waals surface area contributed by atoms with Gasteiger partial charge in [0.1, 0.15) is 17.5 Å². The summed E-state index contributed by atoms with van der Waals surface area (Å²) in [6, 6.07) is 7.14. The third-order valence-electron chi connectivity index (χ3n) is 4.62. The molecule has 2 aromatic carbocycles. The van der Waals surface area contributed by atoms with Crippen LogP contribution in [0, 0.1) is 17.5 Å². The van der Waals surface area contributed by atoms with E-state index in [0.29, 0.717) is 17.4 Å². The minimum absolute atomic E-state index is 0. The minimum Gasteiger partial charge on any atom is -0.369 e. The Hall–Kier alpha value is -2.25. The molecule has 2 N–H and O–H groups in total. The summed E-state index contributed by atoms with van der Waals surface area (Å²) in [6.45, 7) is 1.74. The van der Waals surface area contributed by atoms with Crippen molar-refractivity contribution in [1.82, 2.24) is 5.32 Å². The van der Waals surface area contributed by atoms with Crippen LogP contribution in [-0.4, -0.2) is 32.1 Å². The molecule has 1 saturated heterocycles. The summed E-state index contributed by atoms with van der Waals surface area (Å²) in [5.74, 6) is -2.81. The lowest BCUT2D eigenvalue weighted by atomic mass is 10.0. The van der Waals surface area contributed by atoms with Crippen LogP contribution in [0.3, 0.4) is 0 Å². The standard InChI is InChI=1S/C19H20F3N3O.ClH/c1-25(14-6-8-23-9-7-14)18-11-13(3-5-16(18)21)24-19(26)15-4-2-12(20)10-17(15)22;/h2-5,10-11,14,23H,6-9H2,1H3,(H,24,26);1H. The van der Waals surface area contributed by atoms with Crippen molar-refractivity contribution in [2.45, 2.75) is 18.9 Å². The van der Waals surface area contributed by atoms with Gasteiger partial charge in [-0.1, -0.05) is 0 Å². The largest absolute Gasteiger partial charge is 0.369 e. The molecule has 0 bridgehead atoms. The number of halogens is 4. The quantitative estimate of drug-likeness (QED) is 0.817. The lowest BCUT2D eigenvalue weighted by molar-refractivity contribution is 0.102. The number of carbonyl (C=O) groups excluding carboxylic acids is 1. The number of nitrogens with zero attached hydrogens (tertiary/aromatic N) is 1. The first-order valence-corrected chi connectivity index (χ1v) is 8.45. The van der Waals surface area contributed by atoms with Crippen molar-refractivity contribution in [1.29, 1.82) is 0 Å². The van der Waals surface area contributed by atoms with Crippen molar-refractivity contribution in [3.63, 3.8) is 0 Å². The lowest BCUT2D eigenvalue weighted by Crippen LogP contribution is -2.41. The summed E-state index contributed by atoms with van der Waals surface area (Å²) in [5, 5.41) is 5.80. The molecule has 2 aromatic rings. The van der Waals surface area contributed by atoms with Gasteiger partial charge in [0.25, 0.3) is 5.91 Å². The summed E-state index contributed by atoms with van der Waals surface area (Å²) < 4.78 is 41.0. The average molecular weight is 400 g/mol. The first-order chi connectivity index (χ1) is 12.5. The van der Waals surface area contributed by atoms with Crippen molar-refractivity contribution < 1.29 is 18.0 Å². The number of rotatable bonds is 4. The fraction of sp³-hybridized carbons (Fsp3) is 0.316. The van der Waals surface area contributed by atoms with Crippen LogP contribution in [0.5, 0.6) is 0 Å². The zero-order chi connectivity index (χ0) is 18.7. The molecule has 0 spiro atoms. The number of benzene rings is 2. The van der Waals surface area contributed by atoms with E-state index >= 15 is 0 Å². The number of carbonyl (C=O) groups is 1. The molecular formula is C19H21ClF3N3O. The monoisotopic (exact) mass is 399 g/mol. The second kappa shape index (κ2) is 9.10. The zero-order valence-electron chi connectivity index (χ0n) is 14.8. The Bertz CT molecular complexity index is 813. The van der Waals surface area contributed by atoms with Crippen molar-refractivity contribution >= 4 is 29.7 Å². The Morgan fingerprint density at radius 2 is 1.78 bits per heavy atom. The number of amides is 1. The van der Waals surface area contributed by atoms with Gasteiger partial charge in [0, 0.05) is 24.8 Å². The molecule has 3 rings (SSSR count). The molecule has 0 radical (unpaired) electrons. The smallest absolute Gasteiger partial charge is 0.258 e. The van der Waals surface area contributed by atoms with Gasteiger partial charge in [-0.15, -0.1) is 12.4 Å². The van der Waals surface area contributed by atoms with E-state index < -0.39 is 23.4 Å². The lowest BCUT2D eigenvalue weighted by Gasteiger charge is -2.33. The van der Waals surface area contributed by atoms with Gasteiger partial charge in [0.05, 0.1) is 11.3 Å².